The molecule has 8 nitrogen and oxygen atoms in total. The molecule has 2 aliphatic rings. The van der Waals surface area contributed by atoms with Gasteiger partial charge in [0.05, 0.1) is 11.3 Å². The SMILES string of the molecule is CN1CCN(c2ncccc2CCn2ccn(-c3ccc4c(c3)COC4=O)c2=O)CC1. The molecule has 4 heterocycles. The Labute approximate surface area is 180 Å². The first kappa shape index (κ1) is 19.6. The Morgan fingerprint density at radius 1 is 1.06 bits per heavy atom. The third-order valence-corrected chi connectivity index (χ3v) is 6.09. The lowest BCUT2D eigenvalue weighted by Crippen LogP contribution is -2.45. The van der Waals surface area contributed by atoms with Crippen LogP contribution in [0.4, 0.5) is 5.82 Å². The van der Waals surface area contributed by atoms with Gasteiger partial charge >= 0.3 is 11.7 Å². The highest BCUT2D eigenvalue weighted by Crippen LogP contribution is 2.23. The number of ether oxygens (including phenoxy) is 1. The molecule has 0 amide bonds. The Morgan fingerprint density at radius 3 is 2.74 bits per heavy atom. The van der Waals surface area contributed by atoms with Crippen LogP contribution in [0.5, 0.6) is 0 Å². The summed E-state index contributed by atoms with van der Waals surface area (Å²) in [5.41, 5.74) is 3.18. The van der Waals surface area contributed by atoms with Crippen LogP contribution in [0.3, 0.4) is 0 Å². The molecular weight excluding hydrogens is 394 g/mol. The molecule has 5 rings (SSSR count). The summed E-state index contributed by atoms with van der Waals surface area (Å²) in [6, 6.07) is 9.40. The number of rotatable bonds is 5. The van der Waals surface area contributed by atoms with Crippen LogP contribution in [-0.4, -0.2) is 58.2 Å². The van der Waals surface area contributed by atoms with Gasteiger partial charge in [0.2, 0.25) is 0 Å². The molecule has 31 heavy (non-hydrogen) atoms. The third kappa shape index (κ3) is 3.74. The Kier molecular flexibility index (Phi) is 5.07. The zero-order valence-electron chi connectivity index (χ0n) is 17.5. The number of benzene rings is 1. The number of carbonyl (C=O) groups excluding carboxylic acids is 1. The van der Waals surface area contributed by atoms with Crippen LogP contribution in [0.25, 0.3) is 5.69 Å². The maximum atomic E-state index is 13.0. The second-order valence-electron chi connectivity index (χ2n) is 8.09. The van der Waals surface area contributed by atoms with E-state index in [0.29, 0.717) is 12.1 Å². The van der Waals surface area contributed by atoms with E-state index in [1.807, 2.05) is 24.5 Å². The Balaban J connectivity index is 1.34. The van der Waals surface area contributed by atoms with E-state index in [1.54, 1.807) is 27.5 Å². The first-order valence-corrected chi connectivity index (χ1v) is 10.6. The highest BCUT2D eigenvalue weighted by atomic mass is 16.5. The van der Waals surface area contributed by atoms with Gasteiger partial charge in [-0.3, -0.25) is 9.13 Å². The number of hydrogen-bond donors (Lipinski definition) is 0. The molecule has 1 aromatic carbocycles. The number of hydrogen-bond acceptors (Lipinski definition) is 6. The van der Waals surface area contributed by atoms with Crippen molar-refractivity contribution in [1.29, 1.82) is 0 Å². The fraction of sp³-hybridized carbons (Fsp3) is 0.348. The van der Waals surface area contributed by atoms with Gasteiger partial charge in [0.1, 0.15) is 12.4 Å². The van der Waals surface area contributed by atoms with Gasteiger partial charge in [-0.05, 0) is 43.3 Å². The minimum absolute atomic E-state index is 0.102. The summed E-state index contributed by atoms with van der Waals surface area (Å²) in [5.74, 6) is 0.713. The van der Waals surface area contributed by atoms with Crippen LogP contribution in [-0.2, 0) is 24.3 Å². The van der Waals surface area contributed by atoms with E-state index < -0.39 is 0 Å². The number of likely N-dealkylation sites (N-methyl/N-ethyl adjacent to an activating group) is 1. The summed E-state index contributed by atoms with van der Waals surface area (Å²) >= 11 is 0. The second kappa shape index (κ2) is 8.03. The molecular formula is C23H25N5O3. The van der Waals surface area contributed by atoms with Crippen molar-refractivity contribution >= 4 is 11.8 Å². The minimum Gasteiger partial charge on any atom is -0.457 e. The van der Waals surface area contributed by atoms with E-state index in [1.165, 1.54) is 0 Å². The van der Waals surface area contributed by atoms with Crippen molar-refractivity contribution in [2.24, 2.45) is 0 Å². The summed E-state index contributed by atoms with van der Waals surface area (Å²) in [7, 11) is 2.14. The van der Waals surface area contributed by atoms with Gasteiger partial charge in [-0.2, -0.15) is 0 Å². The number of anilines is 1. The Hall–Kier alpha value is -3.39. The molecule has 1 fully saturated rings. The maximum absolute atomic E-state index is 13.0. The predicted molar refractivity (Wildman–Crippen MR) is 117 cm³/mol. The lowest BCUT2D eigenvalue weighted by atomic mass is 10.1. The fourth-order valence-electron chi connectivity index (χ4n) is 4.22. The largest absolute Gasteiger partial charge is 0.457 e. The zero-order valence-corrected chi connectivity index (χ0v) is 17.5. The standard InChI is InChI=1S/C23H25N5O3/c1-25-9-11-26(12-10-25)21-17(3-2-7-24-21)6-8-27-13-14-28(23(27)30)19-4-5-20-18(15-19)16-31-22(20)29/h2-5,7,13-15H,6,8-12,16H2,1H3. The van der Waals surface area contributed by atoms with Crippen molar-refractivity contribution in [3.05, 3.63) is 76.1 Å². The van der Waals surface area contributed by atoms with Crippen molar-refractivity contribution in [3.63, 3.8) is 0 Å². The van der Waals surface area contributed by atoms with Gasteiger partial charge in [-0.1, -0.05) is 6.07 Å². The number of pyridine rings is 1. The van der Waals surface area contributed by atoms with Gasteiger partial charge < -0.3 is 14.5 Å². The first-order valence-electron chi connectivity index (χ1n) is 10.6. The predicted octanol–water partition coefficient (Wildman–Crippen LogP) is 1.70. The van der Waals surface area contributed by atoms with E-state index in [9.17, 15) is 9.59 Å². The molecule has 0 unspecified atom stereocenters. The molecule has 0 radical (unpaired) electrons. The van der Waals surface area contributed by atoms with Gasteiger partial charge in [0.15, 0.2) is 0 Å². The minimum atomic E-state index is -0.306. The molecule has 0 N–H and O–H groups in total. The average Bonchev–Trinajstić information content (AvgIpc) is 3.35. The molecule has 3 aromatic rings. The number of piperazine rings is 1. The smallest absolute Gasteiger partial charge is 0.338 e. The molecule has 0 atom stereocenters. The number of carbonyl (C=O) groups is 1. The number of imidazole rings is 1. The molecule has 2 aromatic heterocycles. The normalized spacial score (nSPS) is 16.4. The molecule has 0 spiro atoms. The van der Waals surface area contributed by atoms with Crippen LogP contribution in [0.15, 0.2) is 53.7 Å². The van der Waals surface area contributed by atoms with Gasteiger partial charge in [-0.15, -0.1) is 0 Å². The molecule has 0 aliphatic carbocycles. The molecule has 0 saturated carbocycles. The molecule has 2 aliphatic heterocycles. The van der Waals surface area contributed by atoms with Crippen LogP contribution >= 0.6 is 0 Å². The maximum Gasteiger partial charge on any atom is 0.338 e. The van der Waals surface area contributed by atoms with Gasteiger partial charge in [0, 0.05) is 56.9 Å². The molecule has 160 valence electrons. The fourth-order valence-corrected chi connectivity index (χ4v) is 4.22. The van der Waals surface area contributed by atoms with E-state index in [0.717, 1.165) is 55.2 Å². The number of aryl methyl sites for hydroxylation is 2. The third-order valence-electron chi connectivity index (χ3n) is 6.09. The van der Waals surface area contributed by atoms with Crippen LogP contribution in [0.1, 0.15) is 21.5 Å². The lowest BCUT2D eigenvalue weighted by Gasteiger charge is -2.34. The highest BCUT2D eigenvalue weighted by Gasteiger charge is 2.22. The van der Waals surface area contributed by atoms with E-state index in [4.69, 9.17) is 4.74 Å². The van der Waals surface area contributed by atoms with Crippen molar-refractivity contribution in [2.75, 3.05) is 38.1 Å². The molecule has 8 heteroatoms. The van der Waals surface area contributed by atoms with Crippen molar-refractivity contribution in [1.82, 2.24) is 19.0 Å². The number of cyclic esters (lactones) is 1. The second-order valence-corrected chi connectivity index (χ2v) is 8.09. The number of aromatic nitrogens is 3. The van der Waals surface area contributed by atoms with E-state index in [-0.39, 0.29) is 18.3 Å². The Morgan fingerprint density at radius 2 is 1.90 bits per heavy atom. The lowest BCUT2D eigenvalue weighted by molar-refractivity contribution is 0.0535. The molecule has 0 bridgehead atoms. The van der Waals surface area contributed by atoms with E-state index in [2.05, 4.69) is 27.9 Å². The summed E-state index contributed by atoms with van der Waals surface area (Å²) in [4.78, 5) is 33.9. The quantitative estimate of drug-likeness (QED) is 0.586. The monoisotopic (exact) mass is 419 g/mol. The number of nitrogens with zero attached hydrogens (tertiary/aromatic N) is 5. The van der Waals surface area contributed by atoms with Crippen molar-refractivity contribution in [3.8, 4) is 5.69 Å². The number of esters is 1. The summed E-state index contributed by atoms with van der Waals surface area (Å²) in [5, 5.41) is 0. The first-order chi connectivity index (χ1) is 15.1. The average molecular weight is 419 g/mol. The Bertz CT molecular complexity index is 1170. The number of fused-ring (bicyclic) bond motifs is 1. The van der Waals surface area contributed by atoms with Gasteiger partial charge in [0.25, 0.3) is 0 Å². The highest BCUT2D eigenvalue weighted by molar-refractivity contribution is 5.93. The summed E-state index contributed by atoms with van der Waals surface area (Å²) < 4.78 is 8.38. The van der Waals surface area contributed by atoms with Gasteiger partial charge in [-0.25, -0.2) is 14.6 Å². The van der Waals surface area contributed by atoms with Crippen molar-refractivity contribution in [2.45, 2.75) is 19.6 Å². The topological polar surface area (TPSA) is 72.6 Å². The van der Waals surface area contributed by atoms with Crippen LogP contribution < -0.4 is 10.6 Å². The summed E-state index contributed by atoms with van der Waals surface area (Å²) in [6.45, 7) is 4.80. The van der Waals surface area contributed by atoms with Crippen LogP contribution in [0, 0.1) is 0 Å². The zero-order chi connectivity index (χ0) is 21.4. The van der Waals surface area contributed by atoms with E-state index >= 15 is 0 Å². The summed E-state index contributed by atoms with van der Waals surface area (Å²) in [6.07, 6.45) is 6.14. The van der Waals surface area contributed by atoms with Crippen molar-refractivity contribution < 1.29 is 9.53 Å². The molecule has 1 saturated heterocycles. The van der Waals surface area contributed by atoms with Crippen LogP contribution in [0.2, 0.25) is 0 Å².